The fourth-order valence-electron chi connectivity index (χ4n) is 2.41. The van der Waals surface area contributed by atoms with Gasteiger partial charge in [0.15, 0.2) is 0 Å². The summed E-state index contributed by atoms with van der Waals surface area (Å²) in [6.07, 6.45) is 0. The molecule has 2 aromatic rings. The highest BCUT2D eigenvalue weighted by atomic mass is 35.5. The second-order valence-electron chi connectivity index (χ2n) is 6.08. The number of benzene rings is 2. The third-order valence-electron chi connectivity index (χ3n) is 3.88. The van der Waals surface area contributed by atoms with Crippen molar-refractivity contribution in [1.29, 1.82) is 0 Å². The summed E-state index contributed by atoms with van der Waals surface area (Å²) in [5.41, 5.74) is 8.02. The Hall–Kier alpha value is -3.57. The zero-order valence-electron chi connectivity index (χ0n) is 16.8. The Morgan fingerprint density at radius 1 is 1.16 bits per heavy atom. The average Bonchev–Trinajstić information content (AvgIpc) is 2.77. The van der Waals surface area contributed by atoms with Gasteiger partial charge in [-0.2, -0.15) is 0 Å². The number of nitro groups is 1. The maximum absolute atomic E-state index is 12.5. The van der Waals surface area contributed by atoms with Crippen LogP contribution in [0.25, 0.3) is 10.4 Å². The lowest BCUT2D eigenvalue weighted by atomic mass is 10.1. The minimum Gasteiger partial charge on any atom is -0.507 e. The third-order valence-corrected chi connectivity index (χ3v) is 4.12. The summed E-state index contributed by atoms with van der Waals surface area (Å²) in [4.78, 5) is 25.6. The van der Waals surface area contributed by atoms with Crippen molar-refractivity contribution in [3.63, 3.8) is 0 Å². The fourth-order valence-corrected chi connectivity index (χ4v) is 2.58. The van der Waals surface area contributed by atoms with Crippen LogP contribution in [0.15, 0.2) is 41.5 Å². The van der Waals surface area contributed by atoms with Gasteiger partial charge < -0.3 is 24.6 Å². The molecule has 13 heteroatoms. The first kappa shape index (κ1) is 24.7. The van der Waals surface area contributed by atoms with Gasteiger partial charge in [0.25, 0.3) is 11.6 Å². The lowest BCUT2D eigenvalue weighted by Gasteiger charge is -2.13. The quantitative estimate of drug-likeness (QED) is 0.113. The van der Waals surface area contributed by atoms with Crippen LogP contribution < -0.4 is 10.1 Å². The van der Waals surface area contributed by atoms with Crippen LogP contribution in [0.4, 0.5) is 11.4 Å². The number of ether oxygens (including phenoxy) is 3. The number of azide groups is 1. The molecule has 0 radical (unpaired) electrons. The minimum atomic E-state index is -0.669. The van der Waals surface area contributed by atoms with E-state index in [0.717, 1.165) is 0 Å². The lowest BCUT2D eigenvalue weighted by molar-refractivity contribution is -0.384. The Labute approximate surface area is 187 Å². The molecule has 0 spiro atoms. The number of amides is 1. The van der Waals surface area contributed by atoms with Crippen LogP contribution in [0.2, 0.25) is 5.02 Å². The first-order chi connectivity index (χ1) is 15.4. The van der Waals surface area contributed by atoms with Crippen molar-refractivity contribution in [1.82, 2.24) is 0 Å². The van der Waals surface area contributed by atoms with Crippen LogP contribution in [-0.4, -0.2) is 55.5 Å². The molecule has 0 aliphatic carbocycles. The molecule has 0 aromatic heterocycles. The largest absolute Gasteiger partial charge is 0.507 e. The number of rotatable bonds is 13. The van der Waals surface area contributed by atoms with Gasteiger partial charge in [0.05, 0.1) is 48.7 Å². The second kappa shape index (κ2) is 13.0. The van der Waals surface area contributed by atoms with Crippen molar-refractivity contribution >= 4 is 28.9 Å². The zero-order valence-corrected chi connectivity index (χ0v) is 17.5. The van der Waals surface area contributed by atoms with Gasteiger partial charge in [-0.3, -0.25) is 14.9 Å². The topological polar surface area (TPSA) is 169 Å². The smallest absolute Gasteiger partial charge is 0.273 e. The Kier molecular flexibility index (Phi) is 10.0. The molecular weight excluding hydrogens is 446 g/mol. The molecule has 2 rings (SSSR count). The number of hydrogen-bond acceptors (Lipinski definition) is 8. The van der Waals surface area contributed by atoms with Gasteiger partial charge >= 0.3 is 0 Å². The van der Waals surface area contributed by atoms with Crippen molar-refractivity contribution in [2.24, 2.45) is 5.11 Å². The van der Waals surface area contributed by atoms with Crippen LogP contribution >= 0.6 is 11.6 Å². The first-order valence-electron chi connectivity index (χ1n) is 9.30. The number of non-ortho nitro benzene ring substituents is 1. The summed E-state index contributed by atoms with van der Waals surface area (Å²) in [7, 11) is 0. The van der Waals surface area contributed by atoms with Crippen LogP contribution in [0, 0.1) is 10.1 Å². The fraction of sp³-hybridized carbons (Fsp3) is 0.316. The number of carbonyl (C=O) groups is 1. The van der Waals surface area contributed by atoms with Gasteiger partial charge in [-0.05, 0) is 29.8 Å². The van der Waals surface area contributed by atoms with Crippen molar-refractivity contribution in [3.8, 4) is 11.5 Å². The molecule has 0 heterocycles. The summed E-state index contributed by atoms with van der Waals surface area (Å²) >= 11 is 5.87. The van der Waals surface area contributed by atoms with Gasteiger partial charge in [0.2, 0.25) is 0 Å². The predicted molar refractivity (Wildman–Crippen MR) is 115 cm³/mol. The molecule has 0 fully saturated rings. The van der Waals surface area contributed by atoms with Gasteiger partial charge in [0, 0.05) is 22.5 Å². The number of hydrogen-bond donors (Lipinski definition) is 2. The van der Waals surface area contributed by atoms with E-state index in [-0.39, 0.29) is 66.4 Å². The molecule has 1 amide bonds. The number of nitrogens with one attached hydrogen (secondary N) is 1. The van der Waals surface area contributed by atoms with Crippen LogP contribution in [0.1, 0.15) is 10.4 Å². The van der Waals surface area contributed by atoms with Crippen LogP contribution in [0.5, 0.6) is 11.5 Å². The van der Waals surface area contributed by atoms with E-state index in [1.54, 1.807) is 0 Å². The Morgan fingerprint density at radius 2 is 1.88 bits per heavy atom. The maximum Gasteiger partial charge on any atom is 0.273 e. The van der Waals surface area contributed by atoms with Crippen molar-refractivity contribution in [2.75, 3.05) is 44.9 Å². The number of nitro benzene ring substituents is 1. The second-order valence-corrected chi connectivity index (χ2v) is 6.52. The summed E-state index contributed by atoms with van der Waals surface area (Å²) in [6, 6.07) is 7.71. The predicted octanol–water partition coefficient (Wildman–Crippen LogP) is 3.93. The highest BCUT2D eigenvalue weighted by molar-refractivity contribution is 6.31. The Balaban J connectivity index is 1.94. The third kappa shape index (κ3) is 7.93. The highest BCUT2D eigenvalue weighted by Gasteiger charge is 2.17. The van der Waals surface area contributed by atoms with E-state index in [0.29, 0.717) is 6.61 Å². The molecule has 32 heavy (non-hydrogen) atoms. The molecule has 0 aliphatic heterocycles. The number of aromatic hydroxyl groups is 1. The molecule has 0 aliphatic rings. The zero-order chi connectivity index (χ0) is 23.3. The number of halogens is 1. The maximum atomic E-state index is 12.5. The van der Waals surface area contributed by atoms with Gasteiger partial charge in [-0.1, -0.05) is 16.7 Å². The van der Waals surface area contributed by atoms with Crippen molar-refractivity contribution in [2.45, 2.75) is 0 Å². The van der Waals surface area contributed by atoms with E-state index < -0.39 is 10.8 Å². The van der Waals surface area contributed by atoms with E-state index >= 15 is 0 Å². The molecule has 2 aromatic carbocycles. The summed E-state index contributed by atoms with van der Waals surface area (Å²) in [5.74, 6) is -0.882. The number of nitrogens with zero attached hydrogens (tertiary/aromatic N) is 4. The SMILES string of the molecule is [N-]=[N+]=NCCOCCOCCOc1cc([N+](=O)[O-])ccc1NC(=O)c1cc(Cl)ccc1O. The Morgan fingerprint density at radius 3 is 2.59 bits per heavy atom. The van der Waals surface area contributed by atoms with E-state index in [4.69, 9.17) is 31.3 Å². The van der Waals surface area contributed by atoms with Gasteiger partial charge in [-0.15, -0.1) is 0 Å². The average molecular weight is 466 g/mol. The first-order valence-corrected chi connectivity index (χ1v) is 9.67. The lowest BCUT2D eigenvalue weighted by Crippen LogP contribution is -2.15. The van der Waals surface area contributed by atoms with Gasteiger partial charge in [0.1, 0.15) is 18.1 Å². The molecule has 12 nitrogen and oxygen atoms in total. The van der Waals surface area contributed by atoms with Crippen LogP contribution in [0.3, 0.4) is 0 Å². The molecule has 2 N–H and O–H groups in total. The molecule has 0 unspecified atom stereocenters. The molecule has 0 saturated heterocycles. The number of carbonyl (C=O) groups excluding carboxylic acids is 1. The van der Waals surface area contributed by atoms with E-state index in [1.807, 2.05) is 0 Å². The molecule has 170 valence electrons. The Bertz CT molecular complexity index is 998. The molecule has 0 saturated carbocycles. The van der Waals surface area contributed by atoms with Crippen LogP contribution in [-0.2, 0) is 9.47 Å². The summed E-state index contributed by atoms with van der Waals surface area (Å²) in [5, 5.41) is 27.1. The van der Waals surface area contributed by atoms with Crippen molar-refractivity contribution in [3.05, 3.63) is 67.5 Å². The summed E-state index contributed by atoms with van der Waals surface area (Å²) in [6.45, 7) is 1.28. The number of phenolic OH excluding ortho intramolecular Hbond substituents is 1. The normalized spacial score (nSPS) is 10.3. The molecule has 0 bridgehead atoms. The van der Waals surface area contributed by atoms with E-state index in [1.165, 1.54) is 36.4 Å². The monoisotopic (exact) mass is 465 g/mol. The van der Waals surface area contributed by atoms with E-state index in [9.17, 15) is 20.0 Å². The van der Waals surface area contributed by atoms with Gasteiger partial charge in [-0.25, -0.2) is 0 Å². The molecular formula is C19H20ClN5O7. The molecule has 0 atom stereocenters. The standard InChI is InChI=1S/C19H20ClN5O7/c20-13-1-4-17(26)15(11-13)19(27)23-16-3-2-14(25(28)29)12-18(16)32-10-9-31-8-7-30-6-5-22-24-21/h1-4,11-12,26H,5-10H2,(H,23,27). The minimum absolute atomic E-state index is 0.0468. The number of phenols is 1. The van der Waals surface area contributed by atoms with Crippen molar-refractivity contribution < 1.29 is 29.0 Å². The summed E-state index contributed by atoms with van der Waals surface area (Å²) < 4.78 is 16.1. The highest BCUT2D eigenvalue weighted by Crippen LogP contribution is 2.31. The van der Waals surface area contributed by atoms with E-state index in [2.05, 4.69) is 15.3 Å². The number of anilines is 1.